The fraction of sp³-hybridized carbons (Fsp3) is 0.692. The van der Waals surface area contributed by atoms with Crippen LogP contribution in [0.2, 0.25) is 0 Å². The van der Waals surface area contributed by atoms with Gasteiger partial charge in [0, 0.05) is 45.0 Å². The van der Waals surface area contributed by atoms with Crippen molar-refractivity contribution < 1.29 is 0 Å². The molecule has 0 aromatic carbocycles. The summed E-state index contributed by atoms with van der Waals surface area (Å²) in [6.45, 7) is 11.6. The van der Waals surface area contributed by atoms with Gasteiger partial charge in [-0.1, -0.05) is 0 Å². The molecule has 0 unspecified atom stereocenters. The van der Waals surface area contributed by atoms with Gasteiger partial charge in [0.25, 0.3) is 0 Å². The molecule has 1 aromatic rings. The number of anilines is 2. The maximum atomic E-state index is 4.54. The first-order chi connectivity index (χ1) is 8.70. The lowest BCUT2D eigenvalue weighted by Gasteiger charge is -2.36. The second kappa shape index (κ2) is 6.00. The minimum absolute atomic E-state index is 0.626. The molecule has 5 heteroatoms. The Kier molecular flexibility index (Phi) is 4.36. The van der Waals surface area contributed by atoms with Crippen molar-refractivity contribution >= 4 is 11.8 Å². The Balaban J connectivity index is 1.98. The van der Waals surface area contributed by atoms with E-state index in [1.807, 2.05) is 12.3 Å². The van der Waals surface area contributed by atoms with Crippen LogP contribution < -0.4 is 10.2 Å². The number of nitrogens with zero attached hydrogens (tertiary/aromatic N) is 4. The standard InChI is InChI=1S/C13H23N5/c1-4-14-12-5-6-15-13(16-12)18-9-7-17(8-10-18)11(2)3/h5-6,11H,4,7-10H2,1-3H3,(H,14,15,16). The first-order valence-electron chi connectivity index (χ1n) is 6.76. The molecule has 2 rings (SSSR count). The third-order valence-corrected chi connectivity index (χ3v) is 3.33. The van der Waals surface area contributed by atoms with Crippen LogP contribution in [0.4, 0.5) is 11.8 Å². The number of rotatable bonds is 4. The van der Waals surface area contributed by atoms with Gasteiger partial charge in [-0.2, -0.15) is 4.98 Å². The molecule has 0 aliphatic carbocycles. The minimum atomic E-state index is 0.626. The lowest BCUT2D eigenvalue weighted by molar-refractivity contribution is 0.208. The van der Waals surface area contributed by atoms with Crippen LogP contribution in [0.1, 0.15) is 20.8 Å². The first-order valence-corrected chi connectivity index (χ1v) is 6.76. The van der Waals surface area contributed by atoms with E-state index < -0.39 is 0 Å². The molecule has 100 valence electrons. The van der Waals surface area contributed by atoms with E-state index in [-0.39, 0.29) is 0 Å². The quantitative estimate of drug-likeness (QED) is 0.874. The van der Waals surface area contributed by atoms with Gasteiger partial charge < -0.3 is 10.2 Å². The molecule has 18 heavy (non-hydrogen) atoms. The van der Waals surface area contributed by atoms with E-state index in [4.69, 9.17) is 0 Å². The van der Waals surface area contributed by atoms with Crippen LogP contribution >= 0.6 is 0 Å². The topological polar surface area (TPSA) is 44.3 Å². The summed E-state index contributed by atoms with van der Waals surface area (Å²) < 4.78 is 0. The fourth-order valence-electron chi connectivity index (χ4n) is 2.22. The SMILES string of the molecule is CCNc1ccnc(N2CCN(C(C)C)CC2)n1. The second-order valence-corrected chi connectivity index (χ2v) is 4.89. The van der Waals surface area contributed by atoms with Gasteiger partial charge in [0.15, 0.2) is 0 Å². The van der Waals surface area contributed by atoms with Gasteiger partial charge in [0.05, 0.1) is 0 Å². The molecule has 0 spiro atoms. The maximum Gasteiger partial charge on any atom is 0.227 e. The normalized spacial score (nSPS) is 17.2. The molecule has 0 radical (unpaired) electrons. The van der Waals surface area contributed by atoms with Crippen molar-refractivity contribution in [3.63, 3.8) is 0 Å². The highest BCUT2D eigenvalue weighted by molar-refractivity contribution is 5.41. The average Bonchev–Trinajstić information content (AvgIpc) is 2.39. The van der Waals surface area contributed by atoms with Gasteiger partial charge in [0.1, 0.15) is 5.82 Å². The molecule has 0 saturated carbocycles. The van der Waals surface area contributed by atoms with Crippen LogP contribution in [0, 0.1) is 0 Å². The van der Waals surface area contributed by atoms with Gasteiger partial charge in [-0.05, 0) is 26.8 Å². The lowest BCUT2D eigenvalue weighted by Crippen LogP contribution is -2.49. The number of nitrogens with one attached hydrogen (secondary N) is 1. The Labute approximate surface area is 109 Å². The van der Waals surface area contributed by atoms with Crippen LogP contribution in [0.15, 0.2) is 12.3 Å². The van der Waals surface area contributed by atoms with Crippen LogP contribution in [0.25, 0.3) is 0 Å². The second-order valence-electron chi connectivity index (χ2n) is 4.89. The average molecular weight is 249 g/mol. The zero-order chi connectivity index (χ0) is 13.0. The summed E-state index contributed by atoms with van der Waals surface area (Å²) in [4.78, 5) is 13.7. The predicted molar refractivity (Wildman–Crippen MR) is 75.1 cm³/mol. The summed E-state index contributed by atoms with van der Waals surface area (Å²) in [6, 6.07) is 2.54. The largest absolute Gasteiger partial charge is 0.370 e. The Morgan fingerprint density at radius 3 is 2.61 bits per heavy atom. The third-order valence-electron chi connectivity index (χ3n) is 3.33. The molecule has 1 aliphatic rings. The van der Waals surface area contributed by atoms with E-state index in [9.17, 15) is 0 Å². The Bertz CT molecular complexity index is 371. The molecule has 2 heterocycles. The van der Waals surface area contributed by atoms with Gasteiger partial charge >= 0.3 is 0 Å². The van der Waals surface area contributed by atoms with Crippen LogP contribution in [-0.2, 0) is 0 Å². The van der Waals surface area contributed by atoms with Crippen LogP contribution in [0.3, 0.4) is 0 Å². The summed E-state index contributed by atoms with van der Waals surface area (Å²) in [6.07, 6.45) is 1.83. The fourth-order valence-corrected chi connectivity index (χ4v) is 2.22. The highest BCUT2D eigenvalue weighted by atomic mass is 15.3. The van der Waals surface area contributed by atoms with E-state index in [1.165, 1.54) is 0 Å². The van der Waals surface area contributed by atoms with Gasteiger partial charge in [-0.25, -0.2) is 4.98 Å². The van der Waals surface area contributed by atoms with Crippen molar-refractivity contribution in [1.82, 2.24) is 14.9 Å². The van der Waals surface area contributed by atoms with E-state index in [0.717, 1.165) is 44.5 Å². The van der Waals surface area contributed by atoms with Crippen molar-refractivity contribution in [2.45, 2.75) is 26.8 Å². The maximum absolute atomic E-state index is 4.54. The van der Waals surface area contributed by atoms with E-state index in [0.29, 0.717) is 6.04 Å². The molecule has 5 nitrogen and oxygen atoms in total. The van der Waals surface area contributed by atoms with Crippen molar-refractivity contribution in [3.05, 3.63) is 12.3 Å². The summed E-state index contributed by atoms with van der Waals surface area (Å²) in [5.41, 5.74) is 0. The van der Waals surface area contributed by atoms with Gasteiger partial charge in [-0.3, -0.25) is 4.90 Å². The van der Waals surface area contributed by atoms with Gasteiger partial charge in [-0.15, -0.1) is 0 Å². The summed E-state index contributed by atoms with van der Waals surface area (Å²) >= 11 is 0. The van der Waals surface area contributed by atoms with Crippen LogP contribution in [0.5, 0.6) is 0 Å². The number of aromatic nitrogens is 2. The summed E-state index contributed by atoms with van der Waals surface area (Å²) in [5, 5.41) is 3.23. The Morgan fingerprint density at radius 1 is 1.28 bits per heavy atom. The van der Waals surface area contributed by atoms with Crippen molar-refractivity contribution in [2.24, 2.45) is 0 Å². The summed E-state index contributed by atoms with van der Waals surface area (Å²) in [5.74, 6) is 1.76. The molecule has 0 atom stereocenters. The number of hydrogen-bond acceptors (Lipinski definition) is 5. The first kappa shape index (κ1) is 13.1. The summed E-state index contributed by atoms with van der Waals surface area (Å²) in [7, 11) is 0. The Hall–Kier alpha value is -1.36. The van der Waals surface area contributed by atoms with Crippen LogP contribution in [-0.4, -0.2) is 53.6 Å². The lowest BCUT2D eigenvalue weighted by atomic mass is 10.2. The molecule has 0 amide bonds. The zero-order valence-electron chi connectivity index (χ0n) is 11.6. The molecular weight excluding hydrogens is 226 g/mol. The van der Waals surface area contributed by atoms with E-state index in [2.05, 4.69) is 45.9 Å². The van der Waals surface area contributed by atoms with E-state index in [1.54, 1.807) is 0 Å². The Morgan fingerprint density at radius 2 is 2.00 bits per heavy atom. The smallest absolute Gasteiger partial charge is 0.227 e. The van der Waals surface area contributed by atoms with Crippen molar-refractivity contribution in [2.75, 3.05) is 42.9 Å². The monoisotopic (exact) mass is 249 g/mol. The molecule has 1 N–H and O–H groups in total. The molecule has 1 aromatic heterocycles. The number of piperazine rings is 1. The highest BCUT2D eigenvalue weighted by Gasteiger charge is 2.20. The highest BCUT2D eigenvalue weighted by Crippen LogP contribution is 2.14. The third kappa shape index (κ3) is 3.10. The molecule has 0 bridgehead atoms. The predicted octanol–water partition coefficient (Wildman–Crippen LogP) is 1.44. The molecule has 1 aliphatic heterocycles. The van der Waals surface area contributed by atoms with Crippen molar-refractivity contribution in [3.8, 4) is 0 Å². The molecular formula is C13H23N5. The van der Waals surface area contributed by atoms with Crippen molar-refractivity contribution in [1.29, 1.82) is 0 Å². The zero-order valence-corrected chi connectivity index (χ0v) is 11.6. The molecule has 1 fully saturated rings. The van der Waals surface area contributed by atoms with Gasteiger partial charge in [0.2, 0.25) is 5.95 Å². The van der Waals surface area contributed by atoms with E-state index >= 15 is 0 Å². The minimum Gasteiger partial charge on any atom is -0.370 e. The molecule has 1 saturated heterocycles. The number of hydrogen-bond donors (Lipinski definition) is 1.